The Morgan fingerprint density at radius 2 is 1.80 bits per heavy atom. The molecule has 3 N–H and O–H groups in total. The number of carbonyl (C=O) groups is 2. The van der Waals surface area contributed by atoms with Gasteiger partial charge >= 0.3 is 0 Å². The van der Waals surface area contributed by atoms with E-state index in [1.807, 2.05) is 17.5 Å². The van der Waals surface area contributed by atoms with E-state index in [2.05, 4.69) is 26.1 Å². The first-order valence-corrected chi connectivity index (χ1v) is 10.0. The van der Waals surface area contributed by atoms with Gasteiger partial charge in [-0.1, -0.05) is 24.3 Å². The molecule has 4 rings (SSSR count). The molecule has 152 valence electrons. The number of fused-ring (bicyclic) bond motifs is 1. The summed E-state index contributed by atoms with van der Waals surface area (Å²) < 4.78 is 1.25. The third-order valence-corrected chi connectivity index (χ3v) is 5.32. The van der Waals surface area contributed by atoms with E-state index in [4.69, 9.17) is 0 Å². The predicted molar refractivity (Wildman–Crippen MR) is 113 cm³/mol. The maximum absolute atomic E-state index is 12.7. The van der Waals surface area contributed by atoms with Crippen LogP contribution in [0.25, 0.3) is 21.3 Å². The van der Waals surface area contributed by atoms with Crippen molar-refractivity contribution in [1.29, 1.82) is 0 Å². The highest BCUT2D eigenvalue weighted by atomic mass is 32.1. The molecule has 0 unspecified atom stereocenters. The summed E-state index contributed by atoms with van der Waals surface area (Å²) in [6.07, 6.45) is 0. The number of hydrogen-bond acceptors (Lipinski definition) is 6. The molecule has 30 heavy (non-hydrogen) atoms. The van der Waals surface area contributed by atoms with Gasteiger partial charge in [-0.05, 0) is 37.4 Å². The van der Waals surface area contributed by atoms with Crippen molar-refractivity contribution < 1.29 is 9.59 Å². The average molecular weight is 422 g/mol. The normalized spacial score (nSPS) is 11.0. The number of amides is 2. The monoisotopic (exact) mass is 422 g/mol. The third-order valence-electron chi connectivity index (χ3n) is 4.42. The summed E-state index contributed by atoms with van der Waals surface area (Å²) in [5, 5.41) is 13.7. The van der Waals surface area contributed by atoms with Crippen molar-refractivity contribution in [2.75, 3.05) is 0 Å². The van der Waals surface area contributed by atoms with Gasteiger partial charge in [-0.2, -0.15) is 10.2 Å². The molecule has 10 heteroatoms. The number of rotatable bonds is 4. The minimum absolute atomic E-state index is 0.0421. The van der Waals surface area contributed by atoms with Gasteiger partial charge in [0.1, 0.15) is 0 Å². The van der Waals surface area contributed by atoms with E-state index in [1.54, 1.807) is 44.2 Å². The lowest BCUT2D eigenvalue weighted by molar-refractivity contribution is 0.0840. The lowest BCUT2D eigenvalue weighted by Crippen LogP contribution is -2.43. The van der Waals surface area contributed by atoms with E-state index in [1.165, 1.54) is 16.0 Å². The number of aromatic amines is 1. The van der Waals surface area contributed by atoms with Crippen LogP contribution in [0.1, 0.15) is 40.9 Å². The van der Waals surface area contributed by atoms with E-state index < -0.39 is 11.8 Å². The van der Waals surface area contributed by atoms with Crippen molar-refractivity contribution in [2.24, 2.45) is 0 Å². The van der Waals surface area contributed by atoms with Gasteiger partial charge in [0.05, 0.1) is 22.0 Å². The highest BCUT2D eigenvalue weighted by Gasteiger charge is 2.19. The summed E-state index contributed by atoms with van der Waals surface area (Å²) in [5.74, 6) is -1.22. The van der Waals surface area contributed by atoms with Gasteiger partial charge < -0.3 is 0 Å². The SMILES string of the molecule is CC(C)n1nc(C(=O)NNC(=O)c2cc(-c3cccs3)[nH]n2)c2ccccc2c1=O. The Balaban J connectivity index is 1.56. The Kier molecular flexibility index (Phi) is 5.15. The zero-order valence-corrected chi connectivity index (χ0v) is 17.0. The fraction of sp³-hybridized carbons (Fsp3) is 0.150. The highest BCUT2D eigenvalue weighted by Crippen LogP contribution is 2.22. The van der Waals surface area contributed by atoms with Crippen molar-refractivity contribution in [3.05, 3.63) is 69.6 Å². The van der Waals surface area contributed by atoms with Crippen LogP contribution >= 0.6 is 11.3 Å². The van der Waals surface area contributed by atoms with E-state index >= 15 is 0 Å². The molecule has 1 aromatic carbocycles. The highest BCUT2D eigenvalue weighted by molar-refractivity contribution is 7.13. The minimum Gasteiger partial charge on any atom is -0.276 e. The van der Waals surface area contributed by atoms with Gasteiger partial charge in [-0.25, -0.2) is 4.68 Å². The lowest BCUT2D eigenvalue weighted by atomic mass is 10.1. The van der Waals surface area contributed by atoms with Crippen LogP contribution in [0.3, 0.4) is 0 Å². The molecule has 0 atom stereocenters. The molecule has 4 aromatic rings. The van der Waals surface area contributed by atoms with Crippen molar-refractivity contribution >= 4 is 33.9 Å². The Bertz CT molecular complexity index is 1290. The van der Waals surface area contributed by atoms with E-state index in [-0.39, 0.29) is 23.0 Å². The zero-order valence-electron chi connectivity index (χ0n) is 16.2. The third kappa shape index (κ3) is 3.60. The molecule has 0 bridgehead atoms. The maximum atomic E-state index is 12.7. The summed E-state index contributed by atoms with van der Waals surface area (Å²) in [4.78, 5) is 38.6. The van der Waals surface area contributed by atoms with Crippen LogP contribution in [-0.2, 0) is 0 Å². The van der Waals surface area contributed by atoms with Gasteiger partial charge in [0.2, 0.25) is 0 Å². The summed E-state index contributed by atoms with van der Waals surface area (Å²) >= 11 is 1.51. The molecule has 9 nitrogen and oxygen atoms in total. The van der Waals surface area contributed by atoms with Crippen LogP contribution in [0.2, 0.25) is 0 Å². The molecule has 0 aliphatic rings. The Labute approximate surface area is 174 Å². The second kappa shape index (κ2) is 7.91. The molecule has 0 spiro atoms. The number of thiophene rings is 1. The molecule has 0 radical (unpaired) electrons. The van der Waals surface area contributed by atoms with E-state index in [0.717, 1.165) is 4.88 Å². The number of benzene rings is 1. The molecule has 2 amide bonds. The number of nitrogens with one attached hydrogen (secondary N) is 3. The predicted octanol–water partition coefficient (Wildman–Crippen LogP) is 2.50. The van der Waals surface area contributed by atoms with Gasteiger partial charge in [-0.15, -0.1) is 11.3 Å². The topological polar surface area (TPSA) is 122 Å². The number of hydrogen-bond donors (Lipinski definition) is 3. The number of carbonyl (C=O) groups excluding carboxylic acids is 2. The smallest absolute Gasteiger partial charge is 0.276 e. The van der Waals surface area contributed by atoms with Crippen molar-refractivity contribution in [2.45, 2.75) is 19.9 Å². The second-order valence-electron chi connectivity index (χ2n) is 6.79. The van der Waals surface area contributed by atoms with Crippen LogP contribution in [-0.4, -0.2) is 31.8 Å². The Morgan fingerprint density at radius 3 is 2.50 bits per heavy atom. The average Bonchev–Trinajstić information content (AvgIpc) is 3.43. The lowest BCUT2D eigenvalue weighted by Gasteiger charge is -2.13. The molecule has 0 saturated carbocycles. The minimum atomic E-state index is -0.636. The first kappa shape index (κ1) is 19.5. The van der Waals surface area contributed by atoms with Crippen molar-refractivity contribution in [3.63, 3.8) is 0 Å². The summed E-state index contributed by atoms with van der Waals surface area (Å²) in [6, 6.07) is 11.9. The number of hydrazine groups is 1. The molecule has 0 aliphatic carbocycles. The standard InChI is InChI=1S/C20H18N6O3S/c1-11(2)26-20(29)13-7-4-3-6-12(13)17(25-26)19(28)24-23-18(27)15-10-14(21-22-15)16-8-5-9-30-16/h3-11H,1-2H3,(H,21,22)(H,23,27)(H,24,28). The van der Waals surface area contributed by atoms with Crippen LogP contribution < -0.4 is 16.4 Å². The van der Waals surface area contributed by atoms with Crippen LogP contribution in [0, 0.1) is 0 Å². The quantitative estimate of drug-likeness (QED) is 0.436. The summed E-state index contributed by atoms with van der Waals surface area (Å²) in [6.45, 7) is 3.60. The van der Waals surface area contributed by atoms with E-state index in [9.17, 15) is 14.4 Å². The van der Waals surface area contributed by atoms with Gasteiger partial charge in [0, 0.05) is 5.39 Å². The molecule has 3 aromatic heterocycles. The number of H-pyrrole nitrogens is 1. The molecule has 3 heterocycles. The molecular weight excluding hydrogens is 404 g/mol. The Morgan fingerprint density at radius 1 is 1.07 bits per heavy atom. The van der Waals surface area contributed by atoms with Crippen LogP contribution in [0.15, 0.2) is 52.6 Å². The molecule has 0 fully saturated rings. The maximum Gasteiger partial charge on any atom is 0.290 e. The summed E-state index contributed by atoms with van der Waals surface area (Å²) in [5.41, 5.74) is 5.29. The van der Waals surface area contributed by atoms with Gasteiger partial charge in [0.15, 0.2) is 11.4 Å². The summed E-state index contributed by atoms with van der Waals surface area (Å²) in [7, 11) is 0. The Hall–Kier alpha value is -3.79. The fourth-order valence-corrected chi connectivity index (χ4v) is 3.65. The first-order chi connectivity index (χ1) is 14.5. The van der Waals surface area contributed by atoms with Crippen molar-refractivity contribution in [3.8, 4) is 10.6 Å². The van der Waals surface area contributed by atoms with Crippen LogP contribution in [0.5, 0.6) is 0 Å². The van der Waals surface area contributed by atoms with Crippen molar-refractivity contribution in [1.82, 2.24) is 30.8 Å². The largest absolute Gasteiger partial charge is 0.290 e. The number of aromatic nitrogens is 4. The van der Waals surface area contributed by atoms with E-state index in [0.29, 0.717) is 16.5 Å². The second-order valence-corrected chi connectivity index (χ2v) is 7.74. The van der Waals surface area contributed by atoms with Crippen LogP contribution in [0.4, 0.5) is 0 Å². The molecular formula is C20H18N6O3S. The molecule has 0 aliphatic heterocycles. The fourth-order valence-electron chi connectivity index (χ4n) is 2.96. The zero-order chi connectivity index (χ0) is 21.3. The molecule has 0 saturated heterocycles. The number of nitrogens with zero attached hydrogens (tertiary/aromatic N) is 3. The van der Waals surface area contributed by atoms with Gasteiger partial charge in [0.25, 0.3) is 17.4 Å². The first-order valence-electron chi connectivity index (χ1n) is 9.17. The van der Waals surface area contributed by atoms with Gasteiger partial charge in [-0.3, -0.25) is 30.3 Å².